The molecule has 0 aliphatic heterocycles. The molecule has 0 bridgehead atoms. The van der Waals surface area contributed by atoms with Crippen LogP contribution in [0, 0.1) is 0 Å². The van der Waals surface area contributed by atoms with Gasteiger partial charge in [0, 0.05) is 3.92 Å². The quantitative estimate of drug-likeness (QED) is 0.541. The lowest BCUT2D eigenvalue weighted by Gasteiger charge is -1.91. The third-order valence-corrected chi connectivity index (χ3v) is 1.57. The van der Waals surface area contributed by atoms with Gasteiger partial charge in [0.25, 0.3) is 0 Å². The Hall–Kier alpha value is 1.20. The van der Waals surface area contributed by atoms with Gasteiger partial charge in [-0.05, 0) is 10.5 Å². The lowest BCUT2D eigenvalue weighted by Crippen LogP contribution is -1.82. The highest BCUT2D eigenvalue weighted by atomic mass is 127. The number of rotatable bonds is 2. The predicted octanol–water partition coefficient (Wildman–Crippen LogP) is 3.15. The first kappa shape index (κ1) is 8.20. The molecule has 42 valence electrons. The summed E-state index contributed by atoms with van der Waals surface area (Å²) in [5.41, 5.74) is 0. The zero-order valence-corrected chi connectivity index (χ0v) is 8.51. The SMILES string of the molecule is C[C@H](I)C/C=C/I. The lowest BCUT2D eigenvalue weighted by atomic mass is 10.3. The summed E-state index contributed by atoms with van der Waals surface area (Å²) in [7, 11) is 0. The number of halogens is 2. The molecule has 0 aliphatic carbocycles. The first-order valence-corrected chi connectivity index (χ1v) is 4.65. The van der Waals surface area contributed by atoms with E-state index in [1.54, 1.807) is 0 Å². The molecule has 0 aliphatic rings. The Morgan fingerprint density at radius 2 is 2.29 bits per heavy atom. The average Bonchev–Trinajstić information content (AvgIpc) is 1.61. The summed E-state index contributed by atoms with van der Waals surface area (Å²) in [4.78, 5) is 0. The van der Waals surface area contributed by atoms with Crippen LogP contribution in [0.4, 0.5) is 0 Å². The first-order chi connectivity index (χ1) is 3.27. The van der Waals surface area contributed by atoms with E-state index in [4.69, 9.17) is 0 Å². The van der Waals surface area contributed by atoms with Gasteiger partial charge in [-0.15, -0.1) is 0 Å². The van der Waals surface area contributed by atoms with Crippen LogP contribution in [0.25, 0.3) is 0 Å². The zero-order valence-electron chi connectivity index (χ0n) is 4.20. The highest BCUT2D eigenvalue weighted by Gasteiger charge is 1.86. The van der Waals surface area contributed by atoms with Crippen molar-refractivity contribution in [1.29, 1.82) is 0 Å². The van der Waals surface area contributed by atoms with Crippen LogP contribution in [0.1, 0.15) is 13.3 Å². The van der Waals surface area contributed by atoms with Gasteiger partial charge < -0.3 is 0 Å². The molecule has 0 rings (SSSR count). The van der Waals surface area contributed by atoms with Crippen LogP contribution >= 0.6 is 45.2 Å². The molecular weight excluding hydrogens is 314 g/mol. The maximum atomic E-state index is 2.41. The van der Waals surface area contributed by atoms with Crippen molar-refractivity contribution in [3.8, 4) is 0 Å². The normalized spacial score (nSPS) is 15.3. The predicted molar refractivity (Wildman–Crippen MR) is 51.3 cm³/mol. The molecule has 0 aromatic rings. The minimum atomic E-state index is 0.781. The number of hydrogen-bond donors (Lipinski definition) is 0. The molecule has 0 aromatic heterocycles. The van der Waals surface area contributed by atoms with E-state index in [0.717, 1.165) is 3.92 Å². The van der Waals surface area contributed by atoms with E-state index in [9.17, 15) is 0 Å². The molecule has 0 spiro atoms. The molecule has 0 saturated carbocycles. The molecule has 0 saturated heterocycles. The van der Waals surface area contributed by atoms with Gasteiger partial charge in [0.05, 0.1) is 0 Å². The van der Waals surface area contributed by atoms with Crippen LogP contribution in [0.15, 0.2) is 10.2 Å². The Kier molecular flexibility index (Phi) is 6.25. The van der Waals surface area contributed by atoms with E-state index in [1.165, 1.54) is 6.42 Å². The van der Waals surface area contributed by atoms with Crippen LogP contribution in [0.3, 0.4) is 0 Å². The maximum absolute atomic E-state index is 2.41. The number of alkyl halides is 1. The highest BCUT2D eigenvalue weighted by molar-refractivity contribution is 14.1. The van der Waals surface area contributed by atoms with Gasteiger partial charge in [-0.1, -0.05) is 58.2 Å². The van der Waals surface area contributed by atoms with Crippen molar-refractivity contribution < 1.29 is 0 Å². The summed E-state index contributed by atoms with van der Waals surface area (Å²) >= 11 is 4.65. The summed E-state index contributed by atoms with van der Waals surface area (Å²) in [6, 6.07) is 0. The molecule has 1 atom stereocenters. The van der Waals surface area contributed by atoms with Crippen molar-refractivity contribution in [2.45, 2.75) is 17.3 Å². The molecule has 0 heterocycles. The second-order valence-corrected chi connectivity index (χ2v) is 4.22. The Bertz CT molecular complexity index is 57.1. The summed E-state index contributed by atoms with van der Waals surface area (Å²) < 4.78 is 2.84. The fourth-order valence-corrected chi connectivity index (χ4v) is 0.826. The highest BCUT2D eigenvalue weighted by Crippen LogP contribution is 2.04. The largest absolute Gasteiger partial charge is 0.0826 e. The standard InChI is InChI=1S/C5H8I2/c1-5(7)3-2-4-6/h2,4-5H,3H2,1H3/b4-2+/t5-/m0/s1. The number of allylic oxidation sites excluding steroid dienone is 1. The molecular formula is C5H8I2. The van der Waals surface area contributed by atoms with E-state index in [1.807, 2.05) is 0 Å². The second-order valence-electron chi connectivity index (χ2n) is 1.38. The molecule has 0 aromatic carbocycles. The van der Waals surface area contributed by atoms with Crippen molar-refractivity contribution in [2.75, 3.05) is 0 Å². The van der Waals surface area contributed by atoms with Crippen LogP contribution < -0.4 is 0 Å². The van der Waals surface area contributed by atoms with Crippen LogP contribution in [-0.4, -0.2) is 3.92 Å². The van der Waals surface area contributed by atoms with Crippen LogP contribution in [0.2, 0.25) is 0 Å². The first-order valence-electron chi connectivity index (χ1n) is 2.16. The topological polar surface area (TPSA) is 0 Å². The third-order valence-electron chi connectivity index (χ3n) is 0.550. The smallest absolute Gasteiger partial charge is 0.0116 e. The summed E-state index contributed by atoms with van der Waals surface area (Å²) in [6.07, 6.45) is 3.38. The molecule has 2 heteroatoms. The lowest BCUT2D eigenvalue weighted by molar-refractivity contribution is 1.02. The Morgan fingerprint density at radius 3 is 2.43 bits per heavy atom. The Labute approximate surface area is 72.0 Å². The third kappa shape index (κ3) is 7.20. The van der Waals surface area contributed by atoms with Crippen molar-refractivity contribution in [3.05, 3.63) is 10.2 Å². The van der Waals surface area contributed by atoms with Gasteiger partial charge >= 0.3 is 0 Å². The monoisotopic (exact) mass is 322 g/mol. The molecule has 7 heavy (non-hydrogen) atoms. The molecule has 0 N–H and O–H groups in total. The molecule has 0 unspecified atom stereocenters. The summed E-state index contributed by atoms with van der Waals surface area (Å²) in [5.74, 6) is 0. The van der Waals surface area contributed by atoms with E-state index in [2.05, 4.69) is 62.3 Å². The fourth-order valence-electron chi connectivity index (χ4n) is 0.239. The van der Waals surface area contributed by atoms with Gasteiger partial charge in [-0.25, -0.2) is 0 Å². The van der Waals surface area contributed by atoms with Crippen LogP contribution in [0.5, 0.6) is 0 Å². The molecule has 0 amide bonds. The van der Waals surface area contributed by atoms with E-state index in [0.29, 0.717) is 0 Å². The van der Waals surface area contributed by atoms with Gasteiger partial charge in [0.2, 0.25) is 0 Å². The van der Waals surface area contributed by atoms with Gasteiger partial charge in [0.1, 0.15) is 0 Å². The summed E-state index contributed by atoms with van der Waals surface area (Å²) in [5, 5.41) is 0. The van der Waals surface area contributed by atoms with Crippen LogP contribution in [-0.2, 0) is 0 Å². The van der Waals surface area contributed by atoms with Gasteiger partial charge in [0.15, 0.2) is 0 Å². The van der Waals surface area contributed by atoms with E-state index >= 15 is 0 Å². The molecule has 0 nitrogen and oxygen atoms in total. The van der Waals surface area contributed by atoms with E-state index < -0.39 is 0 Å². The van der Waals surface area contributed by atoms with Crippen molar-refractivity contribution >= 4 is 45.2 Å². The van der Waals surface area contributed by atoms with Crippen molar-refractivity contribution in [2.24, 2.45) is 0 Å². The summed E-state index contributed by atoms with van der Waals surface area (Å²) in [6.45, 7) is 2.21. The maximum Gasteiger partial charge on any atom is 0.0116 e. The average molecular weight is 322 g/mol. The fraction of sp³-hybridized carbons (Fsp3) is 0.600. The van der Waals surface area contributed by atoms with Crippen molar-refractivity contribution in [3.63, 3.8) is 0 Å². The minimum absolute atomic E-state index is 0.781. The zero-order chi connectivity index (χ0) is 5.70. The van der Waals surface area contributed by atoms with Crippen molar-refractivity contribution in [1.82, 2.24) is 0 Å². The molecule has 0 fully saturated rings. The number of hydrogen-bond acceptors (Lipinski definition) is 0. The van der Waals surface area contributed by atoms with E-state index in [-0.39, 0.29) is 0 Å². The Morgan fingerprint density at radius 1 is 1.71 bits per heavy atom. The molecule has 0 radical (unpaired) electrons. The van der Waals surface area contributed by atoms with Gasteiger partial charge in [-0.2, -0.15) is 0 Å². The Balaban J connectivity index is 2.97. The van der Waals surface area contributed by atoms with Gasteiger partial charge in [-0.3, -0.25) is 0 Å². The minimum Gasteiger partial charge on any atom is -0.0826 e. The second kappa shape index (κ2) is 5.34.